The minimum Gasteiger partial charge on any atom is -0.397 e. The molecular formula is C52H62F12N16O. The van der Waals surface area contributed by atoms with E-state index >= 15 is 0 Å². The van der Waals surface area contributed by atoms with E-state index < -0.39 is 53.5 Å². The number of carbonyl (C=O) groups excluding carboxylic acids is 1. The highest BCUT2D eigenvalue weighted by Gasteiger charge is 2.39. The van der Waals surface area contributed by atoms with Gasteiger partial charge in [0.05, 0.1) is 73.2 Å². The molecule has 6 aromatic rings. The molecule has 4 heterocycles. The molecule has 2 aliphatic rings. The van der Waals surface area contributed by atoms with Gasteiger partial charge in [0.1, 0.15) is 11.6 Å². The Labute approximate surface area is 458 Å². The van der Waals surface area contributed by atoms with Crippen molar-refractivity contribution in [3.63, 3.8) is 0 Å². The quantitative estimate of drug-likeness (QED) is 0.0731. The Hall–Kier alpha value is -7.49. The maximum atomic E-state index is 13.6. The lowest BCUT2D eigenvalue weighted by Crippen LogP contribution is -2.32. The van der Waals surface area contributed by atoms with Crippen LogP contribution in [0.2, 0.25) is 0 Å². The first-order valence-electron chi connectivity index (χ1n) is 26.1. The summed E-state index contributed by atoms with van der Waals surface area (Å²) >= 11 is 0. The fourth-order valence-corrected chi connectivity index (χ4v) is 10.1. The summed E-state index contributed by atoms with van der Waals surface area (Å²) in [5.74, 6) is 1.93. The standard InChI is InChI=1S/C27H32F6N8O.C25H30F6N8/c1-4-40(14-18-7-5-6-8-18)24-20(11-23(13-34-24)35-17(2)42)16-41(25-36-38-39(3)37-25)15-19-9-21(26(28,29)30)12-22(10-19)27(31,32)33;1-3-38(13-16-6-4-5-7-16)22-18(10-21(32)12-33-22)15-39(23-34-36-37(2)35-23)14-17-8-19(24(26,27)28)11-20(9-17)25(29,30)31/h9-13,18H,4-8,14-16H2,1-3H3,(H,35,42);8-12,16H,3-7,13-15,32H2,1-2H3. The number of aryl methyl sites for hydroxylation is 2. The van der Waals surface area contributed by atoms with Crippen molar-refractivity contribution in [3.8, 4) is 0 Å². The topological polar surface area (TPSA) is 181 Å². The normalized spacial score (nSPS) is 14.5. The molecule has 2 saturated carbocycles. The Morgan fingerprint density at radius 1 is 0.556 bits per heavy atom. The van der Waals surface area contributed by atoms with Crippen molar-refractivity contribution in [1.82, 2.24) is 50.4 Å². The molecule has 0 saturated heterocycles. The zero-order chi connectivity index (χ0) is 59.0. The molecule has 1 amide bonds. The van der Waals surface area contributed by atoms with E-state index in [2.05, 4.69) is 55.9 Å². The monoisotopic (exact) mass is 1150 g/mol. The van der Waals surface area contributed by atoms with Crippen molar-refractivity contribution in [2.75, 3.05) is 56.8 Å². The molecule has 0 radical (unpaired) electrons. The summed E-state index contributed by atoms with van der Waals surface area (Å²) in [6.45, 7) is 7.36. The number of carbonyl (C=O) groups is 1. The number of hydrogen-bond acceptors (Lipinski definition) is 14. The minimum atomic E-state index is -4.99. The molecule has 4 aromatic heterocycles. The highest BCUT2D eigenvalue weighted by Crippen LogP contribution is 2.40. The number of amides is 1. The largest absolute Gasteiger partial charge is 0.416 e. The first-order valence-corrected chi connectivity index (χ1v) is 26.1. The molecule has 2 aliphatic carbocycles. The summed E-state index contributed by atoms with van der Waals surface area (Å²) in [6.07, 6.45) is -7.80. The number of aromatic nitrogens is 10. The van der Waals surface area contributed by atoms with Gasteiger partial charge in [-0.25, -0.2) is 9.97 Å². The first kappa shape index (κ1) is 61.1. The summed E-state index contributed by atoms with van der Waals surface area (Å²) in [6, 6.07) is 6.37. The fraction of sp³-hybridized carbons (Fsp3) is 0.519. The number of halogens is 12. The van der Waals surface area contributed by atoms with Crippen LogP contribution in [-0.4, -0.2) is 82.5 Å². The molecule has 17 nitrogen and oxygen atoms in total. The van der Waals surface area contributed by atoms with E-state index in [1.165, 1.54) is 56.1 Å². The predicted octanol–water partition coefficient (Wildman–Crippen LogP) is 11.3. The Morgan fingerprint density at radius 2 is 0.926 bits per heavy atom. The third-order valence-corrected chi connectivity index (χ3v) is 13.8. The molecule has 440 valence electrons. The average molecular weight is 1160 g/mol. The number of nitrogens with two attached hydrogens (primary N) is 1. The third kappa shape index (κ3) is 16.8. The van der Waals surface area contributed by atoms with Crippen molar-refractivity contribution in [3.05, 3.63) is 105 Å². The zero-order valence-electron chi connectivity index (χ0n) is 45.0. The van der Waals surface area contributed by atoms with Gasteiger partial charge in [0.2, 0.25) is 5.91 Å². The molecule has 0 atom stereocenters. The maximum absolute atomic E-state index is 13.6. The second-order valence-electron chi connectivity index (χ2n) is 20.2. The molecule has 29 heteroatoms. The fourth-order valence-electron chi connectivity index (χ4n) is 10.1. The maximum Gasteiger partial charge on any atom is 0.416 e. The third-order valence-electron chi connectivity index (χ3n) is 13.8. The molecule has 0 bridgehead atoms. The second-order valence-corrected chi connectivity index (χ2v) is 20.2. The van der Waals surface area contributed by atoms with Crippen LogP contribution in [0.15, 0.2) is 60.9 Å². The Morgan fingerprint density at radius 3 is 1.26 bits per heavy atom. The van der Waals surface area contributed by atoms with Crippen LogP contribution in [0.1, 0.15) is 117 Å². The van der Waals surface area contributed by atoms with Crippen molar-refractivity contribution >= 4 is 40.8 Å². The predicted molar refractivity (Wildman–Crippen MR) is 277 cm³/mol. The van der Waals surface area contributed by atoms with Gasteiger partial charge < -0.3 is 30.7 Å². The number of nitrogens with one attached hydrogen (secondary N) is 1. The number of anilines is 6. The summed E-state index contributed by atoms with van der Waals surface area (Å²) in [7, 11) is 3.00. The van der Waals surface area contributed by atoms with Crippen LogP contribution in [0, 0.1) is 11.8 Å². The molecule has 3 N–H and O–H groups in total. The smallest absolute Gasteiger partial charge is 0.397 e. The van der Waals surface area contributed by atoms with Crippen molar-refractivity contribution in [2.24, 2.45) is 25.9 Å². The van der Waals surface area contributed by atoms with Crippen LogP contribution < -0.4 is 30.7 Å². The zero-order valence-corrected chi connectivity index (χ0v) is 45.0. The van der Waals surface area contributed by atoms with Gasteiger partial charge in [-0.2, -0.15) is 62.3 Å². The molecule has 2 fully saturated rings. The summed E-state index contributed by atoms with van der Waals surface area (Å²) in [5, 5.41) is 26.6. The van der Waals surface area contributed by atoms with Crippen LogP contribution >= 0.6 is 0 Å². The van der Waals surface area contributed by atoms with Crippen LogP contribution in [0.3, 0.4) is 0 Å². The van der Waals surface area contributed by atoms with Gasteiger partial charge in [-0.05, 0) is 121 Å². The molecule has 8 rings (SSSR count). The van der Waals surface area contributed by atoms with Crippen LogP contribution in [0.5, 0.6) is 0 Å². The second kappa shape index (κ2) is 25.5. The Balaban J connectivity index is 0.000000234. The molecule has 81 heavy (non-hydrogen) atoms. The van der Waals surface area contributed by atoms with E-state index in [9.17, 15) is 57.5 Å². The SMILES string of the molecule is CCN(CC1CCCC1)c1ncc(N)cc1CN(Cc1cc(C(F)(F)F)cc(C(F)(F)F)c1)c1nnn(C)n1.CCN(CC1CCCC1)c1ncc(NC(C)=O)cc1CN(Cc1cc(C(F)(F)F)cc(C(F)(F)F)c1)c1nnn(C)n1. The minimum absolute atomic E-state index is 0.00167. The molecular weight excluding hydrogens is 1090 g/mol. The number of hydrogen-bond donors (Lipinski definition) is 2. The number of nitrogens with zero attached hydrogens (tertiary/aromatic N) is 14. The highest BCUT2D eigenvalue weighted by molar-refractivity contribution is 5.88. The van der Waals surface area contributed by atoms with E-state index in [0.29, 0.717) is 83.3 Å². The molecule has 2 aromatic carbocycles. The van der Waals surface area contributed by atoms with Gasteiger partial charge in [-0.15, -0.1) is 10.2 Å². The van der Waals surface area contributed by atoms with Crippen LogP contribution in [0.4, 0.5) is 87.6 Å². The van der Waals surface area contributed by atoms with Gasteiger partial charge >= 0.3 is 24.7 Å². The highest BCUT2D eigenvalue weighted by atomic mass is 19.4. The van der Waals surface area contributed by atoms with Crippen molar-refractivity contribution < 1.29 is 57.5 Å². The van der Waals surface area contributed by atoms with Crippen molar-refractivity contribution in [2.45, 2.75) is 123 Å². The lowest BCUT2D eigenvalue weighted by molar-refractivity contribution is -0.144. The number of nitrogen functional groups attached to an aromatic ring is 1. The van der Waals surface area contributed by atoms with E-state index in [1.54, 1.807) is 12.1 Å². The van der Waals surface area contributed by atoms with Gasteiger partial charge in [0.25, 0.3) is 11.9 Å². The van der Waals surface area contributed by atoms with Crippen LogP contribution in [-0.2, 0) is 69.8 Å². The summed E-state index contributed by atoms with van der Waals surface area (Å²) in [4.78, 5) is 30.4. The number of pyridine rings is 2. The number of alkyl halides is 12. The number of rotatable bonds is 19. The summed E-state index contributed by atoms with van der Waals surface area (Å²) < 4.78 is 162. The molecule has 0 aliphatic heterocycles. The van der Waals surface area contributed by atoms with Gasteiger partial charge in [0, 0.05) is 57.3 Å². The van der Waals surface area contributed by atoms with Gasteiger partial charge in [-0.1, -0.05) is 35.9 Å². The van der Waals surface area contributed by atoms with Gasteiger partial charge in [0.15, 0.2) is 0 Å². The van der Waals surface area contributed by atoms with Gasteiger partial charge in [-0.3, -0.25) is 4.79 Å². The van der Waals surface area contributed by atoms with E-state index in [1.807, 2.05) is 13.8 Å². The lowest BCUT2D eigenvalue weighted by atomic mass is 10.0. The van der Waals surface area contributed by atoms with E-state index in [0.717, 1.165) is 61.2 Å². The first-order chi connectivity index (χ1) is 38.1. The average Bonchev–Trinajstić information content (AvgIpc) is 4.25. The van der Waals surface area contributed by atoms with Crippen LogP contribution in [0.25, 0.3) is 0 Å². The van der Waals surface area contributed by atoms with E-state index in [-0.39, 0.29) is 60.7 Å². The molecule has 0 spiro atoms. The van der Waals surface area contributed by atoms with E-state index in [4.69, 9.17) is 5.73 Å². The van der Waals surface area contributed by atoms with Crippen molar-refractivity contribution in [1.29, 1.82) is 0 Å². The number of tetrazole rings is 2. The Kier molecular flexibility index (Phi) is 19.3. The molecule has 0 unspecified atom stereocenters. The summed E-state index contributed by atoms with van der Waals surface area (Å²) in [5.41, 5.74) is 1.98. The Bertz CT molecular complexity index is 2990. The lowest BCUT2D eigenvalue weighted by Gasteiger charge is -2.29. The number of benzene rings is 2.